The number of fused-ring (bicyclic) bond motifs is 3. The molecule has 0 aliphatic carbocycles. The first kappa shape index (κ1) is 19.7. The van der Waals surface area contributed by atoms with Crippen molar-refractivity contribution in [2.75, 3.05) is 26.3 Å². The second kappa shape index (κ2) is 8.13. The van der Waals surface area contributed by atoms with Crippen molar-refractivity contribution in [3.05, 3.63) is 71.5 Å². The SMILES string of the molecule is NC(=O)Cc1ccc(-c2ccccc2F)c2c1[nH]c1cc(CN3CCOCC3)ccc12. The van der Waals surface area contributed by atoms with Crippen molar-refractivity contribution in [2.24, 2.45) is 5.73 Å². The van der Waals surface area contributed by atoms with Gasteiger partial charge in [0.15, 0.2) is 0 Å². The van der Waals surface area contributed by atoms with Gasteiger partial charge in [-0.15, -0.1) is 0 Å². The summed E-state index contributed by atoms with van der Waals surface area (Å²) in [5.74, 6) is -0.670. The van der Waals surface area contributed by atoms with Crippen molar-refractivity contribution in [1.82, 2.24) is 9.88 Å². The summed E-state index contributed by atoms with van der Waals surface area (Å²) < 4.78 is 20.1. The molecule has 0 spiro atoms. The Balaban J connectivity index is 1.67. The number of amides is 1. The number of benzene rings is 3. The minimum Gasteiger partial charge on any atom is -0.379 e. The van der Waals surface area contributed by atoms with Gasteiger partial charge in [-0.1, -0.05) is 42.5 Å². The van der Waals surface area contributed by atoms with E-state index in [4.69, 9.17) is 10.5 Å². The molecule has 0 unspecified atom stereocenters. The van der Waals surface area contributed by atoms with E-state index in [-0.39, 0.29) is 12.2 Å². The van der Waals surface area contributed by atoms with Crippen LogP contribution in [0.15, 0.2) is 54.6 Å². The summed E-state index contributed by atoms with van der Waals surface area (Å²) in [4.78, 5) is 17.5. The molecule has 0 saturated carbocycles. The molecular weight excluding hydrogens is 393 g/mol. The van der Waals surface area contributed by atoms with Gasteiger partial charge in [0.05, 0.1) is 25.2 Å². The first-order valence-electron chi connectivity index (χ1n) is 10.5. The molecular formula is C25H24FN3O2. The van der Waals surface area contributed by atoms with Gasteiger partial charge in [0.2, 0.25) is 5.91 Å². The van der Waals surface area contributed by atoms with Crippen LogP contribution in [0.2, 0.25) is 0 Å². The lowest BCUT2D eigenvalue weighted by atomic mass is 9.95. The molecule has 31 heavy (non-hydrogen) atoms. The summed E-state index contributed by atoms with van der Waals surface area (Å²) in [6.45, 7) is 4.22. The number of rotatable bonds is 5. The molecule has 1 aromatic heterocycles. The maximum Gasteiger partial charge on any atom is 0.221 e. The van der Waals surface area contributed by atoms with Crippen LogP contribution in [0.25, 0.3) is 32.9 Å². The molecule has 1 amide bonds. The molecule has 1 aliphatic rings. The Morgan fingerprint density at radius 3 is 2.65 bits per heavy atom. The number of primary amides is 1. The van der Waals surface area contributed by atoms with Crippen molar-refractivity contribution in [2.45, 2.75) is 13.0 Å². The lowest BCUT2D eigenvalue weighted by Gasteiger charge is -2.26. The first-order valence-corrected chi connectivity index (χ1v) is 10.5. The van der Waals surface area contributed by atoms with Crippen LogP contribution >= 0.6 is 0 Å². The average Bonchev–Trinajstić information content (AvgIpc) is 3.14. The lowest BCUT2D eigenvalue weighted by Crippen LogP contribution is -2.35. The highest BCUT2D eigenvalue weighted by Crippen LogP contribution is 2.37. The Morgan fingerprint density at radius 2 is 1.87 bits per heavy atom. The van der Waals surface area contributed by atoms with Gasteiger partial charge in [-0.2, -0.15) is 0 Å². The fourth-order valence-corrected chi connectivity index (χ4v) is 4.47. The van der Waals surface area contributed by atoms with Crippen molar-refractivity contribution in [1.29, 1.82) is 0 Å². The fraction of sp³-hybridized carbons (Fsp3) is 0.240. The molecule has 1 fully saturated rings. The number of carbonyl (C=O) groups is 1. The van der Waals surface area contributed by atoms with Crippen LogP contribution in [0.1, 0.15) is 11.1 Å². The Bertz CT molecular complexity index is 1270. The van der Waals surface area contributed by atoms with Gasteiger partial charge < -0.3 is 15.5 Å². The number of aromatic amines is 1. The van der Waals surface area contributed by atoms with Gasteiger partial charge in [0, 0.05) is 41.5 Å². The van der Waals surface area contributed by atoms with Crippen LogP contribution in [0.4, 0.5) is 4.39 Å². The van der Waals surface area contributed by atoms with Crippen molar-refractivity contribution >= 4 is 27.7 Å². The first-order chi connectivity index (χ1) is 15.1. The quantitative estimate of drug-likeness (QED) is 0.516. The number of H-pyrrole nitrogens is 1. The largest absolute Gasteiger partial charge is 0.379 e. The minimum absolute atomic E-state index is 0.126. The highest BCUT2D eigenvalue weighted by molar-refractivity contribution is 6.15. The average molecular weight is 417 g/mol. The van der Waals surface area contributed by atoms with Crippen LogP contribution in [0.5, 0.6) is 0 Å². The maximum atomic E-state index is 14.6. The maximum absolute atomic E-state index is 14.6. The Kier molecular flexibility index (Phi) is 5.18. The number of hydrogen-bond acceptors (Lipinski definition) is 3. The summed E-state index contributed by atoms with van der Waals surface area (Å²) in [5, 5.41) is 1.92. The van der Waals surface area contributed by atoms with Crippen LogP contribution in [0, 0.1) is 5.82 Å². The molecule has 4 aromatic rings. The van der Waals surface area contributed by atoms with Gasteiger partial charge in [0.25, 0.3) is 0 Å². The molecule has 158 valence electrons. The monoisotopic (exact) mass is 417 g/mol. The number of halogens is 1. The van der Waals surface area contributed by atoms with Crippen molar-refractivity contribution in [3.8, 4) is 11.1 Å². The van der Waals surface area contributed by atoms with Gasteiger partial charge in [-0.25, -0.2) is 4.39 Å². The number of nitrogens with two attached hydrogens (primary N) is 1. The topological polar surface area (TPSA) is 71.4 Å². The summed E-state index contributed by atoms with van der Waals surface area (Å²) in [6.07, 6.45) is 0.126. The summed E-state index contributed by atoms with van der Waals surface area (Å²) >= 11 is 0. The van der Waals surface area contributed by atoms with Gasteiger partial charge in [-0.3, -0.25) is 9.69 Å². The third kappa shape index (κ3) is 3.80. The molecule has 2 heterocycles. The second-order valence-electron chi connectivity index (χ2n) is 8.04. The number of morpholine rings is 1. The van der Waals surface area contributed by atoms with E-state index in [2.05, 4.69) is 28.1 Å². The standard InChI is InChI=1S/C25H24FN3O2/c26-21-4-2-1-3-18(21)19-8-6-17(14-23(27)30)25-24(19)20-7-5-16(13-22(20)28-25)15-29-9-11-31-12-10-29/h1-8,13,28H,9-12,14-15H2,(H2,27,30). The molecule has 0 bridgehead atoms. The predicted molar refractivity (Wildman–Crippen MR) is 120 cm³/mol. The van der Waals surface area contributed by atoms with Crippen LogP contribution < -0.4 is 5.73 Å². The van der Waals surface area contributed by atoms with Gasteiger partial charge in [0.1, 0.15) is 5.82 Å². The number of nitrogens with zero attached hydrogens (tertiary/aromatic N) is 1. The van der Waals surface area contributed by atoms with Crippen molar-refractivity contribution in [3.63, 3.8) is 0 Å². The third-order valence-corrected chi connectivity index (χ3v) is 5.94. The number of ether oxygens (including phenoxy) is 1. The molecule has 3 aromatic carbocycles. The zero-order valence-corrected chi connectivity index (χ0v) is 17.2. The number of carbonyl (C=O) groups excluding carboxylic acids is 1. The smallest absolute Gasteiger partial charge is 0.221 e. The molecule has 5 rings (SSSR count). The molecule has 1 aliphatic heterocycles. The van der Waals surface area contributed by atoms with E-state index in [0.29, 0.717) is 5.56 Å². The number of aromatic nitrogens is 1. The lowest BCUT2D eigenvalue weighted by molar-refractivity contribution is -0.117. The van der Waals surface area contributed by atoms with E-state index in [9.17, 15) is 9.18 Å². The van der Waals surface area contributed by atoms with Crippen LogP contribution in [-0.2, 0) is 22.5 Å². The molecule has 0 atom stereocenters. The Morgan fingerprint density at radius 1 is 1.06 bits per heavy atom. The summed E-state index contributed by atoms with van der Waals surface area (Å²) in [7, 11) is 0. The molecule has 5 nitrogen and oxygen atoms in total. The van der Waals surface area contributed by atoms with E-state index in [0.717, 1.165) is 65.8 Å². The van der Waals surface area contributed by atoms with Crippen LogP contribution in [-0.4, -0.2) is 42.1 Å². The van der Waals surface area contributed by atoms with E-state index in [1.165, 1.54) is 11.6 Å². The van der Waals surface area contributed by atoms with Crippen LogP contribution in [0.3, 0.4) is 0 Å². The van der Waals surface area contributed by atoms with E-state index in [1.54, 1.807) is 12.1 Å². The summed E-state index contributed by atoms with van der Waals surface area (Å²) in [6, 6.07) is 16.9. The highest BCUT2D eigenvalue weighted by atomic mass is 19.1. The molecule has 1 saturated heterocycles. The van der Waals surface area contributed by atoms with E-state index in [1.807, 2.05) is 18.2 Å². The van der Waals surface area contributed by atoms with Gasteiger partial charge >= 0.3 is 0 Å². The second-order valence-corrected chi connectivity index (χ2v) is 8.04. The normalized spacial score (nSPS) is 15.0. The molecule has 6 heteroatoms. The third-order valence-electron chi connectivity index (χ3n) is 5.94. The zero-order valence-electron chi connectivity index (χ0n) is 17.2. The fourth-order valence-electron chi connectivity index (χ4n) is 4.47. The van der Waals surface area contributed by atoms with Crippen molar-refractivity contribution < 1.29 is 13.9 Å². The number of hydrogen-bond donors (Lipinski definition) is 2. The highest BCUT2D eigenvalue weighted by Gasteiger charge is 2.18. The van der Waals surface area contributed by atoms with Gasteiger partial charge in [-0.05, 0) is 28.8 Å². The Labute approximate surface area is 179 Å². The minimum atomic E-state index is -0.397. The molecule has 0 radical (unpaired) electrons. The molecule has 3 N–H and O–H groups in total. The number of nitrogens with one attached hydrogen (secondary N) is 1. The predicted octanol–water partition coefficient (Wildman–Crippen LogP) is 3.99. The zero-order chi connectivity index (χ0) is 21.4. The van der Waals surface area contributed by atoms with E-state index >= 15 is 0 Å². The van der Waals surface area contributed by atoms with E-state index < -0.39 is 5.91 Å². The Hall–Kier alpha value is -3.22. The summed E-state index contributed by atoms with van der Waals surface area (Å²) in [5.41, 5.74) is 10.6.